The molecule has 0 aliphatic heterocycles. The Labute approximate surface area is 97.7 Å². The quantitative estimate of drug-likeness (QED) is 0.621. The van der Waals surface area contributed by atoms with Crippen molar-refractivity contribution in [2.24, 2.45) is 0 Å². The molecule has 0 nitrogen and oxygen atoms in total. The minimum absolute atomic E-state index is 0.279. The van der Waals surface area contributed by atoms with E-state index in [1.54, 1.807) is 0 Å². The van der Waals surface area contributed by atoms with E-state index in [-0.39, 0.29) is 5.38 Å². The van der Waals surface area contributed by atoms with Crippen molar-refractivity contribution in [3.63, 3.8) is 0 Å². The van der Waals surface area contributed by atoms with E-state index in [1.165, 1.54) is 12.8 Å². The van der Waals surface area contributed by atoms with Gasteiger partial charge in [0.2, 0.25) is 0 Å². The summed E-state index contributed by atoms with van der Waals surface area (Å²) in [5, 5.41) is 0.279. The maximum absolute atomic E-state index is 6.08. The maximum Gasteiger partial charge on any atom is 0.0458 e. The maximum atomic E-state index is 6.08. The van der Waals surface area contributed by atoms with Crippen molar-refractivity contribution in [3.05, 3.63) is 0 Å². The molecule has 0 radical (unpaired) electrons. The molecule has 0 aliphatic rings. The van der Waals surface area contributed by atoms with Crippen LogP contribution in [-0.2, 0) is 0 Å². The summed E-state index contributed by atoms with van der Waals surface area (Å²) in [4.78, 5) is 1.12. The molecule has 74 valence electrons. The van der Waals surface area contributed by atoms with Crippen molar-refractivity contribution in [1.29, 1.82) is 0 Å². The van der Waals surface area contributed by atoms with Gasteiger partial charge in [-0.25, -0.2) is 0 Å². The molecule has 3 unspecified atom stereocenters. The van der Waals surface area contributed by atoms with Gasteiger partial charge >= 0.3 is 0 Å². The largest absolute Gasteiger partial charge is 0.122 e. The van der Waals surface area contributed by atoms with Crippen LogP contribution in [0.15, 0.2) is 0 Å². The molecule has 0 aromatic heterocycles. The lowest BCUT2D eigenvalue weighted by Crippen LogP contribution is -2.14. The Morgan fingerprint density at radius 2 is 1.67 bits per heavy atom. The van der Waals surface area contributed by atoms with Crippen molar-refractivity contribution in [2.45, 2.75) is 54.6 Å². The smallest absolute Gasteiger partial charge is 0.0458 e. The number of halogens is 3. The van der Waals surface area contributed by atoms with Gasteiger partial charge in [-0.1, -0.05) is 45.7 Å². The lowest BCUT2D eigenvalue weighted by molar-refractivity contribution is 0.639. The lowest BCUT2D eigenvalue weighted by atomic mass is 10.1. The van der Waals surface area contributed by atoms with Crippen LogP contribution >= 0.6 is 43.5 Å². The minimum atomic E-state index is 0.279. The summed E-state index contributed by atoms with van der Waals surface area (Å²) in [6.45, 7) is 4.32. The van der Waals surface area contributed by atoms with Gasteiger partial charge in [0.05, 0.1) is 0 Å². The zero-order valence-electron chi connectivity index (χ0n) is 7.69. The first-order valence-electron chi connectivity index (χ1n) is 4.54. The minimum Gasteiger partial charge on any atom is -0.122 e. The highest BCUT2D eigenvalue weighted by molar-refractivity contribution is 9.09. The van der Waals surface area contributed by atoms with Gasteiger partial charge in [-0.15, -0.1) is 11.6 Å². The van der Waals surface area contributed by atoms with Crippen molar-refractivity contribution in [2.75, 3.05) is 0 Å². The third-order valence-corrected chi connectivity index (χ3v) is 5.10. The molecule has 0 heterocycles. The third kappa shape index (κ3) is 5.82. The first kappa shape index (κ1) is 13.2. The predicted octanol–water partition coefficient (Wildman–Crippen LogP) is 4.72. The first-order chi connectivity index (χ1) is 5.61. The Balaban J connectivity index is 3.49. The summed E-state index contributed by atoms with van der Waals surface area (Å²) in [5.41, 5.74) is 0. The summed E-state index contributed by atoms with van der Waals surface area (Å²) >= 11 is 13.3. The molecule has 0 bridgehead atoms. The normalized spacial score (nSPS) is 18.8. The molecule has 0 aromatic rings. The van der Waals surface area contributed by atoms with E-state index in [1.807, 2.05) is 0 Å². The van der Waals surface area contributed by atoms with E-state index in [4.69, 9.17) is 11.6 Å². The molecule has 0 fully saturated rings. The third-order valence-electron chi connectivity index (χ3n) is 1.98. The standard InChI is InChI=1S/C9H17Br2Cl/c1-3-7(10)5-6-8(11)9(12)4-2/h7-9H,3-6H2,1-2H3. The number of rotatable bonds is 6. The van der Waals surface area contributed by atoms with Crippen molar-refractivity contribution >= 4 is 43.5 Å². The summed E-state index contributed by atoms with van der Waals surface area (Å²) in [7, 11) is 0. The molecule has 3 heteroatoms. The van der Waals surface area contributed by atoms with Gasteiger partial charge in [-0.05, 0) is 25.7 Å². The molecule has 0 saturated carbocycles. The van der Waals surface area contributed by atoms with E-state index in [0.717, 1.165) is 12.8 Å². The molecule has 3 atom stereocenters. The number of alkyl halides is 3. The topological polar surface area (TPSA) is 0 Å². The lowest BCUT2D eigenvalue weighted by Gasteiger charge is -2.15. The van der Waals surface area contributed by atoms with Crippen molar-refractivity contribution in [1.82, 2.24) is 0 Å². The molecular weight excluding hydrogens is 303 g/mol. The second-order valence-corrected chi connectivity index (χ2v) is 6.05. The first-order valence-corrected chi connectivity index (χ1v) is 6.80. The Kier molecular flexibility index (Phi) is 8.43. The molecule has 12 heavy (non-hydrogen) atoms. The highest BCUT2D eigenvalue weighted by atomic mass is 79.9. The van der Waals surface area contributed by atoms with Crippen LogP contribution in [0.4, 0.5) is 0 Å². The van der Waals surface area contributed by atoms with Crippen LogP contribution in [0.1, 0.15) is 39.5 Å². The average molecular weight is 320 g/mol. The monoisotopic (exact) mass is 318 g/mol. The summed E-state index contributed by atoms with van der Waals surface area (Å²) < 4.78 is 0. The van der Waals surface area contributed by atoms with Gasteiger partial charge < -0.3 is 0 Å². The molecule has 0 amide bonds. The van der Waals surface area contributed by atoms with Crippen LogP contribution in [0, 0.1) is 0 Å². The van der Waals surface area contributed by atoms with Crippen LogP contribution in [0.2, 0.25) is 0 Å². The molecule has 0 saturated heterocycles. The van der Waals surface area contributed by atoms with Gasteiger partial charge in [0.25, 0.3) is 0 Å². The van der Waals surface area contributed by atoms with E-state index in [9.17, 15) is 0 Å². The van der Waals surface area contributed by atoms with Gasteiger partial charge in [-0.2, -0.15) is 0 Å². The molecule has 0 aliphatic carbocycles. The zero-order chi connectivity index (χ0) is 9.56. The van der Waals surface area contributed by atoms with Crippen LogP contribution in [0.5, 0.6) is 0 Å². The van der Waals surface area contributed by atoms with E-state index < -0.39 is 0 Å². The van der Waals surface area contributed by atoms with Crippen LogP contribution < -0.4 is 0 Å². The second kappa shape index (κ2) is 7.64. The fourth-order valence-electron chi connectivity index (χ4n) is 0.981. The second-order valence-electron chi connectivity index (χ2n) is 3.02. The van der Waals surface area contributed by atoms with Crippen LogP contribution in [-0.4, -0.2) is 15.0 Å². The summed E-state index contributed by atoms with van der Waals surface area (Å²) in [6.07, 6.45) is 4.59. The average Bonchev–Trinajstić information content (AvgIpc) is 2.11. The Morgan fingerprint density at radius 1 is 1.08 bits per heavy atom. The number of hydrogen-bond acceptors (Lipinski definition) is 0. The SMILES string of the molecule is CCC(Br)CCC(Br)C(Cl)CC. The molecular formula is C9H17Br2Cl. The molecule has 0 spiro atoms. The Bertz CT molecular complexity index is 109. The molecule has 0 rings (SSSR count). The highest BCUT2D eigenvalue weighted by Gasteiger charge is 2.14. The number of hydrogen-bond donors (Lipinski definition) is 0. The molecule has 0 N–H and O–H groups in total. The van der Waals surface area contributed by atoms with Gasteiger partial charge in [0, 0.05) is 15.0 Å². The highest BCUT2D eigenvalue weighted by Crippen LogP contribution is 2.23. The van der Waals surface area contributed by atoms with E-state index >= 15 is 0 Å². The van der Waals surface area contributed by atoms with E-state index in [2.05, 4.69) is 45.7 Å². The zero-order valence-corrected chi connectivity index (χ0v) is 11.6. The van der Waals surface area contributed by atoms with Crippen LogP contribution in [0.25, 0.3) is 0 Å². The van der Waals surface area contributed by atoms with Gasteiger partial charge in [0.15, 0.2) is 0 Å². The Hall–Kier alpha value is 1.25. The molecule has 0 aromatic carbocycles. The summed E-state index contributed by atoms with van der Waals surface area (Å²) in [6, 6.07) is 0. The fraction of sp³-hybridized carbons (Fsp3) is 1.00. The van der Waals surface area contributed by atoms with Gasteiger partial charge in [0.1, 0.15) is 0 Å². The predicted molar refractivity (Wildman–Crippen MR) is 64.9 cm³/mol. The van der Waals surface area contributed by atoms with E-state index in [0.29, 0.717) is 9.65 Å². The van der Waals surface area contributed by atoms with Gasteiger partial charge in [-0.3, -0.25) is 0 Å². The van der Waals surface area contributed by atoms with Crippen LogP contribution in [0.3, 0.4) is 0 Å². The van der Waals surface area contributed by atoms with Crippen molar-refractivity contribution < 1.29 is 0 Å². The fourth-order valence-corrected chi connectivity index (χ4v) is 2.01. The summed E-state index contributed by atoms with van der Waals surface area (Å²) in [5.74, 6) is 0. The van der Waals surface area contributed by atoms with Crippen molar-refractivity contribution in [3.8, 4) is 0 Å². The Morgan fingerprint density at radius 3 is 2.08 bits per heavy atom.